The number of halogens is 1. The van der Waals surface area contributed by atoms with Gasteiger partial charge in [0.25, 0.3) is 0 Å². The zero-order chi connectivity index (χ0) is 17.6. The zero-order valence-corrected chi connectivity index (χ0v) is 15.1. The number of rotatable bonds is 4. The third kappa shape index (κ3) is 2.64. The lowest BCUT2D eigenvalue weighted by atomic mass is 9.85. The maximum Gasteiger partial charge on any atom is 0.123 e. The number of hydrogen-bond donors (Lipinski definition) is 0. The fraction of sp³-hybridized carbons (Fsp3) is 0.348. The Kier molecular flexibility index (Phi) is 3.87. The van der Waals surface area contributed by atoms with Gasteiger partial charge in [-0.2, -0.15) is 0 Å². The molecule has 4 rings (SSSR count). The molecule has 0 amide bonds. The maximum absolute atomic E-state index is 13.4. The average molecular weight is 333 g/mol. The smallest absolute Gasteiger partial charge is 0.123 e. The van der Waals surface area contributed by atoms with E-state index in [1.807, 2.05) is 13.0 Å². The molecule has 2 aromatic rings. The standard InChI is InChI=1S/C23H24FN/c1-4-23(14-16(23)3)20-8-6-5-7-19(20)22-12-11-21(25-22)18-10-9-17(24)13-15(18)2/h5-13,16,22H,4,14H2,1-3H3. The highest BCUT2D eigenvalue weighted by atomic mass is 19.1. The summed E-state index contributed by atoms with van der Waals surface area (Å²) in [5.41, 5.74) is 6.00. The van der Waals surface area contributed by atoms with E-state index in [0.717, 1.165) is 22.8 Å². The van der Waals surface area contributed by atoms with Crippen molar-refractivity contribution in [3.63, 3.8) is 0 Å². The molecule has 1 aliphatic carbocycles. The van der Waals surface area contributed by atoms with E-state index in [2.05, 4.69) is 50.3 Å². The molecule has 2 aliphatic rings. The van der Waals surface area contributed by atoms with Gasteiger partial charge >= 0.3 is 0 Å². The van der Waals surface area contributed by atoms with Gasteiger partial charge in [0, 0.05) is 5.56 Å². The number of aryl methyl sites for hydroxylation is 1. The Bertz CT molecular complexity index is 875. The van der Waals surface area contributed by atoms with Crippen LogP contribution in [0.15, 0.2) is 59.6 Å². The van der Waals surface area contributed by atoms with E-state index in [1.54, 1.807) is 6.07 Å². The minimum Gasteiger partial charge on any atom is -0.272 e. The van der Waals surface area contributed by atoms with Crippen molar-refractivity contribution < 1.29 is 4.39 Å². The molecule has 3 atom stereocenters. The number of allylic oxidation sites excluding steroid dienone is 1. The largest absolute Gasteiger partial charge is 0.272 e. The van der Waals surface area contributed by atoms with Crippen molar-refractivity contribution in [2.45, 2.75) is 45.1 Å². The summed E-state index contributed by atoms with van der Waals surface area (Å²) in [5, 5.41) is 0. The maximum atomic E-state index is 13.4. The fourth-order valence-corrected chi connectivity index (χ4v) is 4.42. The van der Waals surface area contributed by atoms with Gasteiger partial charge < -0.3 is 0 Å². The second-order valence-electron chi connectivity index (χ2n) is 7.48. The van der Waals surface area contributed by atoms with Crippen molar-refractivity contribution in [2.75, 3.05) is 0 Å². The SMILES string of the molecule is CCC1(c2ccccc2C2C=CC(c3ccc(F)cc3C)=N2)CC1C. The van der Waals surface area contributed by atoms with E-state index < -0.39 is 0 Å². The van der Waals surface area contributed by atoms with Gasteiger partial charge in [0.05, 0.1) is 11.8 Å². The van der Waals surface area contributed by atoms with Gasteiger partial charge in [-0.15, -0.1) is 0 Å². The van der Waals surface area contributed by atoms with Crippen LogP contribution in [0.3, 0.4) is 0 Å². The summed E-state index contributed by atoms with van der Waals surface area (Å²) in [6, 6.07) is 13.7. The van der Waals surface area contributed by atoms with Crippen molar-refractivity contribution >= 4 is 5.71 Å². The monoisotopic (exact) mass is 333 g/mol. The molecular formula is C23H24FN. The van der Waals surface area contributed by atoms with Crippen LogP contribution in [0.25, 0.3) is 0 Å². The molecule has 128 valence electrons. The summed E-state index contributed by atoms with van der Waals surface area (Å²) >= 11 is 0. The first-order chi connectivity index (χ1) is 12.0. The number of aliphatic imine (C=N–C) groups is 1. The van der Waals surface area contributed by atoms with Crippen LogP contribution < -0.4 is 0 Å². The van der Waals surface area contributed by atoms with Gasteiger partial charge in [0.1, 0.15) is 5.82 Å². The van der Waals surface area contributed by atoms with Crippen LogP contribution in [-0.4, -0.2) is 5.71 Å². The molecule has 0 bridgehead atoms. The highest BCUT2D eigenvalue weighted by Gasteiger charge is 2.51. The molecule has 2 heteroatoms. The Hall–Kier alpha value is -2.22. The Labute approximate surface area is 149 Å². The van der Waals surface area contributed by atoms with Crippen molar-refractivity contribution in [3.8, 4) is 0 Å². The molecule has 0 saturated heterocycles. The zero-order valence-electron chi connectivity index (χ0n) is 15.1. The van der Waals surface area contributed by atoms with Crippen LogP contribution in [-0.2, 0) is 5.41 Å². The van der Waals surface area contributed by atoms with Crippen molar-refractivity contribution in [2.24, 2.45) is 10.9 Å². The van der Waals surface area contributed by atoms with E-state index >= 15 is 0 Å². The van der Waals surface area contributed by atoms with Crippen LogP contribution in [0.1, 0.15) is 55.0 Å². The van der Waals surface area contributed by atoms with E-state index in [0.29, 0.717) is 5.41 Å². The molecule has 25 heavy (non-hydrogen) atoms. The third-order valence-electron chi connectivity index (χ3n) is 6.08. The Balaban J connectivity index is 1.71. The van der Waals surface area contributed by atoms with E-state index in [9.17, 15) is 4.39 Å². The summed E-state index contributed by atoms with van der Waals surface area (Å²) < 4.78 is 13.4. The first-order valence-corrected chi connectivity index (χ1v) is 9.17. The summed E-state index contributed by atoms with van der Waals surface area (Å²) in [5.74, 6) is 0.546. The van der Waals surface area contributed by atoms with Gasteiger partial charge in [-0.25, -0.2) is 4.39 Å². The molecule has 1 heterocycles. The molecule has 1 fully saturated rings. The first kappa shape index (κ1) is 16.3. The molecule has 0 N–H and O–H groups in total. The molecule has 1 nitrogen and oxygen atoms in total. The van der Waals surface area contributed by atoms with Crippen LogP contribution in [0.4, 0.5) is 4.39 Å². The van der Waals surface area contributed by atoms with E-state index in [4.69, 9.17) is 4.99 Å². The Morgan fingerprint density at radius 3 is 2.64 bits per heavy atom. The lowest BCUT2D eigenvalue weighted by molar-refractivity contribution is 0.597. The van der Waals surface area contributed by atoms with Crippen molar-refractivity contribution in [1.82, 2.24) is 0 Å². The molecule has 3 unspecified atom stereocenters. The van der Waals surface area contributed by atoms with Gasteiger partial charge in [-0.3, -0.25) is 4.99 Å². The predicted molar refractivity (Wildman–Crippen MR) is 102 cm³/mol. The lowest BCUT2D eigenvalue weighted by Gasteiger charge is -2.21. The molecule has 1 aliphatic heterocycles. The number of nitrogens with zero attached hydrogens (tertiary/aromatic N) is 1. The average Bonchev–Trinajstić information content (AvgIpc) is 3.04. The number of benzene rings is 2. The molecule has 1 saturated carbocycles. The summed E-state index contributed by atoms with van der Waals surface area (Å²) in [7, 11) is 0. The Morgan fingerprint density at radius 1 is 1.20 bits per heavy atom. The fourth-order valence-electron chi connectivity index (χ4n) is 4.42. The van der Waals surface area contributed by atoms with Crippen molar-refractivity contribution in [1.29, 1.82) is 0 Å². The van der Waals surface area contributed by atoms with Gasteiger partial charge in [-0.1, -0.05) is 44.2 Å². The van der Waals surface area contributed by atoms with Crippen LogP contribution in [0.2, 0.25) is 0 Å². The highest BCUT2D eigenvalue weighted by molar-refractivity contribution is 6.11. The molecular weight excluding hydrogens is 309 g/mol. The summed E-state index contributed by atoms with van der Waals surface area (Å²) in [6.07, 6.45) is 6.70. The lowest BCUT2D eigenvalue weighted by Crippen LogP contribution is -2.12. The van der Waals surface area contributed by atoms with Crippen LogP contribution in [0.5, 0.6) is 0 Å². The predicted octanol–water partition coefficient (Wildman–Crippen LogP) is 5.92. The van der Waals surface area contributed by atoms with Crippen LogP contribution >= 0.6 is 0 Å². The minimum atomic E-state index is -0.196. The van der Waals surface area contributed by atoms with E-state index in [-0.39, 0.29) is 11.9 Å². The second-order valence-corrected chi connectivity index (χ2v) is 7.48. The highest BCUT2D eigenvalue weighted by Crippen LogP contribution is 2.58. The van der Waals surface area contributed by atoms with Crippen molar-refractivity contribution in [3.05, 3.63) is 82.7 Å². The summed E-state index contributed by atoms with van der Waals surface area (Å²) in [6.45, 7) is 6.58. The topological polar surface area (TPSA) is 12.4 Å². The number of hydrogen-bond acceptors (Lipinski definition) is 1. The molecule has 0 aromatic heterocycles. The molecule has 2 aromatic carbocycles. The van der Waals surface area contributed by atoms with Gasteiger partial charge in [0.2, 0.25) is 0 Å². The van der Waals surface area contributed by atoms with E-state index in [1.165, 1.54) is 30.0 Å². The van der Waals surface area contributed by atoms with Gasteiger partial charge in [0.15, 0.2) is 0 Å². The molecule has 0 spiro atoms. The summed E-state index contributed by atoms with van der Waals surface area (Å²) in [4.78, 5) is 4.96. The Morgan fingerprint density at radius 2 is 1.96 bits per heavy atom. The van der Waals surface area contributed by atoms with Crippen LogP contribution in [0, 0.1) is 18.7 Å². The first-order valence-electron chi connectivity index (χ1n) is 9.17. The normalized spacial score (nSPS) is 27.4. The quantitative estimate of drug-likeness (QED) is 0.658. The van der Waals surface area contributed by atoms with Gasteiger partial charge in [-0.05, 0) is 72.1 Å². The molecule has 0 radical (unpaired) electrons. The minimum absolute atomic E-state index is 0.0619. The second kappa shape index (κ2) is 5.94. The third-order valence-corrected chi connectivity index (χ3v) is 6.08.